The SMILES string of the molecule is CC(Oc1ccc2[nH]nc(-c3ccccc3)c2c1)c1ccncn1. The van der Waals surface area contributed by atoms with Crippen LogP contribution in [0, 0.1) is 0 Å². The summed E-state index contributed by atoms with van der Waals surface area (Å²) in [6.45, 7) is 1.97. The lowest BCUT2D eigenvalue weighted by Crippen LogP contribution is -2.05. The van der Waals surface area contributed by atoms with E-state index in [1.165, 1.54) is 6.33 Å². The molecule has 0 bridgehead atoms. The summed E-state index contributed by atoms with van der Waals surface area (Å²) < 4.78 is 6.04. The number of H-pyrrole nitrogens is 1. The van der Waals surface area contributed by atoms with Crippen LogP contribution in [0.2, 0.25) is 0 Å². The molecule has 0 amide bonds. The fraction of sp³-hybridized carbons (Fsp3) is 0.105. The van der Waals surface area contributed by atoms with E-state index in [4.69, 9.17) is 4.74 Å². The van der Waals surface area contributed by atoms with Gasteiger partial charge in [0.25, 0.3) is 0 Å². The number of benzene rings is 2. The summed E-state index contributed by atoms with van der Waals surface area (Å²) in [4.78, 5) is 8.17. The van der Waals surface area contributed by atoms with Crippen LogP contribution in [0.1, 0.15) is 18.7 Å². The number of rotatable bonds is 4. The van der Waals surface area contributed by atoms with Crippen molar-refractivity contribution in [3.05, 3.63) is 72.8 Å². The molecule has 2 aromatic heterocycles. The predicted octanol–water partition coefficient (Wildman–Crippen LogP) is 4.16. The van der Waals surface area contributed by atoms with Gasteiger partial charge in [-0.15, -0.1) is 0 Å². The molecule has 2 heterocycles. The van der Waals surface area contributed by atoms with E-state index in [0.29, 0.717) is 0 Å². The van der Waals surface area contributed by atoms with Gasteiger partial charge in [-0.25, -0.2) is 9.97 Å². The summed E-state index contributed by atoms with van der Waals surface area (Å²) in [6.07, 6.45) is 3.09. The van der Waals surface area contributed by atoms with E-state index >= 15 is 0 Å². The number of fused-ring (bicyclic) bond motifs is 1. The third-order valence-electron chi connectivity index (χ3n) is 3.92. The maximum Gasteiger partial charge on any atom is 0.138 e. The fourth-order valence-corrected chi connectivity index (χ4v) is 2.69. The first-order chi connectivity index (χ1) is 11.8. The minimum atomic E-state index is -0.155. The van der Waals surface area contributed by atoms with Gasteiger partial charge in [0.15, 0.2) is 0 Å². The number of hydrogen-bond donors (Lipinski definition) is 1. The molecule has 1 unspecified atom stereocenters. The number of nitrogens with zero attached hydrogens (tertiary/aromatic N) is 3. The van der Waals surface area contributed by atoms with Gasteiger partial charge in [0.2, 0.25) is 0 Å². The topological polar surface area (TPSA) is 63.7 Å². The van der Waals surface area contributed by atoms with E-state index in [1.54, 1.807) is 6.20 Å². The highest BCUT2D eigenvalue weighted by Gasteiger charge is 2.12. The van der Waals surface area contributed by atoms with Gasteiger partial charge in [-0.05, 0) is 31.2 Å². The monoisotopic (exact) mass is 316 g/mol. The number of hydrogen-bond acceptors (Lipinski definition) is 4. The van der Waals surface area contributed by atoms with E-state index in [2.05, 4.69) is 20.2 Å². The van der Waals surface area contributed by atoms with Gasteiger partial charge in [0, 0.05) is 17.1 Å². The molecule has 4 aromatic rings. The highest BCUT2D eigenvalue weighted by Crippen LogP contribution is 2.30. The van der Waals surface area contributed by atoms with Crippen molar-refractivity contribution >= 4 is 10.9 Å². The smallest absolute Gasteiger partial charge is 0.138 e. The Morgan fingerprint density at radius 3 is 2.71 bits per heavy atom. The summed E-state index contributed by atoms with van der Waals surface area (Å²) in [6, 6.07) is 17.9. The minimum absolute atomic E-state index is 0.155. The Balaban J connectivity index is 1.68. The molecule has 0 saturated heterocycles. The van der Waals surface area contributed by atoms with Gasteiger partial charge in [-0.2, -0.15) is 5.10 Å². The van der Waals surface area contributed by atoms with Crippen LogP contribution in [0.15, 0.2) is 67.1 Å². The molecule has 1 atom stereocenters. The Labute approximate surface area is 139 Å². The molecule has 118 valence electrons. The van der Waals surface area contributed by atoms with Crippen molar-refractivity contribution in [3.63, 3.8) is 0 Å². The molecule has 1 N–H and O–H groups in total. The molecule has 0 saturated carbocycles. The van der Waals surface area contributed by atoms with Crippen LogP contribution >= 0.6 is 0 Å². The van der Waals surface area contributed by atoms with Crippen molar-refractivity contribution in [1.82, 2.24) is 20.2 Å². The summed E-state index contributed by atoms with van der Waals surface area (Å²) in [7, 11) is 0. The highest BCUT2D eigenvalue weighted by atomic mass is 16.5. The fourth-order valence-electron chi connectivity index (χ4n) is 2.69. The van der Waals surface area contributed by atoms with Gasteiger partial charge in [-0.1, -0.05) is 30.3 Å². The molecule has 5 heteroatoms. The number of nitrogens with one attached hydrogen (secondary N) is 1. The molecule has 24 heavy (non-hydrogen) atoms. The minimum Gasteiger partial charge on any atom is -0.484 e. The molecule has 0 radical (unpaired) electrons. The molecular formula is C19H16N4O. The van der Waals surface area contributed by atoms with Gasteiger partial charge in [0.1, 0.15) is 23.9 Å². The summed E-state index contributed by atoms with van der Waals surface area (Å²) >= 11 is 0. The second-order valence-corrected chi connectivity index (χ2v) is 5.54. The third kappa shape index (κ3) is 2.72. The zero-order valence-electron chi connectivity index (χ0n) is 13.2. The largest absolute Gasteiger partial charge is 0.484 e. The average molecular weight is 316 g/mol. The quantitative estimate of drug-likeness (QED) is 0.614. The van der Waals surface area contributed by atoms with Gasteiger partial charge >= 0.3 is 0 Å². The Morgan fingerprint density at radius 2 is 1.92 bits per heavy atom. The van der Waals surface area contributed by atoms with Gasteiger partial charge < -0.3 is 4.74 Å². The summed E-state index contributed by atoms with van der Waals surface area (Å²) in [5.41, 5.74) is 3.83. The van der Waals surface area contributed by atoms with Crippen LogP contribution in [0.4, 0.5) is 0 Å². The van der Waals surface area contributed by atoms with Crippen LogP contribution in [0.5, 0.6) is 5.75 Å². The molecule has 5 nitrogen and oxygen atoms in total. The predicted molar refractivity (Wildman–Crippen MR) is 92.6 cm³/mol. The lowest BCUT2D eigenvalue weighted by atomic mass is 10.1. The average Bonchev–Trinajstić information content (AvgIpc) is 3.06. The van der Waals surface area contributed by atoms with Gasteiger partial charge in [0.05, 0.1) is 11.2 Å². The molecule has 0 fully saturated rings. The van der Waals surface area contributed by atoms with Crippen LogP contribution in [-0.2, 0) is 0 Å². The Morgan fingerprint density at radius 1 is 1.04 bits per heavy atom. The Kier molecular flexibility index (Phi) is 3.67. The summed E-state index contributed by atoms with van der Waals surface area (Å²) in [5.74, 6) is 0.784. The number of aromatic nitrogens is 4. The van der Waals surface area contributed by atoms with Crippen molar-refractivity contribution in [1.29, 1.82) is 0 Å². The van der Waals surface area contributed by atoms with Crippen LogP contribution in [-0.4, -0.2) is 20.2 Å². The van der Waals surface area contributed by atoms with Crippen LogP contribution in [0.25, 0.3) is 22.2 Å². The van der Waals surface area contributed by atoms with Crippen molar-refractivity contribution < 1.29 is 4.74 Å². The van der Waals surface area contributed by atoms with Crippen molar-refractivity contribution in [2.24, 2.45) is 0 Å². The lowest BCUT2D eigenvalue weighted by Gasteiger charge is -2.14. The zero-order chi connectivity index (χ0) is 16.4. The molecule has 0 aliphatic rings. The van der Waals surface area contributed by atoms with E-state index < -0.39 is 0 Å². The van der Waals surface area contributed by atoms with Crippen LogP contribution < -0.4 is 4.74 Å². The molecule has 4 rings (SSSR count). The number of ether oxygens (including phenoxy) is 1. The maximum atomic E-state index is 6.04. The Hall–Kier alpha value is -3.21. The van der Waals surface area contributed by atoms with E-state index in [0.717, 1.165) is 33.6 Å². The number of aromatic amines is 1. The van der Waals surface area contributed by atoms with Crippen LogP contribution in [0.3, 0.4) is 0 Å². The second-order valence-electron chi connectivity index (χ2n) is 5.54. The lowest BCUT2D eigenvalue weighted by molar-refractivity contribution is 0.222. The van der Waals surface area contributed by atoms with Gasteiger partial charge in [-0.3, -0.25) is 5.10 Å². The second kappa shape index (κ2) is 6.12. The first-order valence-electron chi connectivity index (χ1n) is 7.77. The zero-order valence-corrected chi connectivity index (χ0v) is 13.2. The highest BCUT2D eigenvalue weighted by molar-refractivity contribution is 5.93. The molecule has 0 spiro atoms. The first kappa shape index (κ1) is 14.4. The Bertz CT molecular complexity index is 951. The van der Waals surface area contributed by atoms with Crippen molar-refractivity contribution in [2.75, 3.05) is 0 Å². The molecular weight excluding hydrogens is 300 g/mol. The third-order valence-corrected chi connectivity index (χ3v) is 3.92. The van der Waals surface area contributed by atoms with E-state index in [1.807, 2.05) is 61.5 Å². The standard InChI is InChI=1S/C19H16N4O/c1-13(17-9-10-20-12-21-17)24-15-7-8-18-16(11-15)19(23-22-18)14-5-3-2-4-6-14/h2-13H,1H3,(H,22,23). The molecule has 0 aliphatic carbocycles. The van der Waals surface area contributed by atoms with E-state index in [9.17, 15) is 0 Å². The maximum absolute atomic E-state index is 6.04. The molecule has 0 aliphatic heterocycles. The van der Waals surface area contributed by atoms with Crippen molar-refractivity contribution in [3.8, 4) is 17.0 Å². The van der Waals surface area contributed by atoms with Crippen molar-refractivity contribution in [2.45, 2.75) is 13.0 Å². The van der Waals surface area contributed by atoms with E-state index in [-0.39, 0.29) is 6.10 Å². The summed E-state index contributed by atoms with van der Waals surface area (Å²) in [5, 5.41) is 8.55. The normalized spacial score (nSPS) is 12.2. The molecule has 2 aromatic carbocycles. The first-order valence-corrected chi connectivity index (χ1v) is 7.77.